The van der Waals surface area contributed by atoms with E-state index in [-0.39, 0.29) is 22.9 Å². The maximum atomic E-state index is 12.7. The van der Waals surface area contributed by atoms with Crippen molar-refractivity contribution in [1.29, 1.82) is 0 Å². The van der Waals surface area contributed by atoms with Crippen LogP contribution >= 0.6 is 23.4 Å². The molecule has 154 valence electrons. The summed E-state index contributed by atoms with van der Waals surface area (Å²) in [5.74, 6) is -0.142. The van der Waals surface area contributed by atoms with Gasteiger partial charge in [-0.2, -0.15) is 0 Å². The largest absolute Gasteiger partial charge is 0.293 e. The van der Waals surface area contributed by atoms with Gasteiger partial charge in [0.05, 0.1) is 26.6 Å². The summed E-state index contributed by atoms with van der Waals surface area (Å²) >= 11 is 7.42. The molecule has 4 aromatic rings. The number of aromatic nitrogens is 1. The van der Waals surface area contributed by atoms with Gasteiger partial charge in [-0.3, -0.25) is 25.0 Å². The van der Waals surface area contributed by atoms with Crippen molar-refractivity contribution in [3.8, 4) is 0 Å². The van der Waals surface area contributed by atoms with Gasteiger partial charge in [-0.1, -0.05) is 11.6 Å². The number of pyridine rings is 1. The minimum atomic E-state index is -0.527. The third-order valence-electron chi connectivity index (χ3n) is 4.63. The number of hydrogen-bond donors (Lipinski definition) is 0. The van der Waals surface area contributed by atoms with E-state index >= 15 is 0 Å². The van der Waals surface area contributed by atoms with Crippen LogP contribution in [0.4, 0.5) is 11.4 Å². The molecule has 0 saturated heterocycles. The fourth-order valence-electron chi connectivity index (χ4n) is 3.13. The van der Waals surface area contributed by atoms with Gasteiger partial charge in [-0.05, 0) is 36.4 Å². The maximum Gasteiger partial charge on any atom is 0.271 e. The van der Waals surface area contributed by atoms with E-state index < -0.39 is 9.85 Å². The monoisotopic (exact) mass is 453 g/mol. The first-order valence-corrected chi connectivity index (χ1v) is 10.3. The SMILES string of the molecule is O=C(CSc1c2ccc([N+](=O)[O-])cc2nc2ccc(Cl)cc12)c1ccc([N+](=O)[O-])cc1. The number of nitrogens with zero attached hydrogens (tertiary/aromatic N) is 3. The third-order valence-corrected chi connectivity index (χ3v) is 6.00. The number of halogens is 1. The lowest BCUT2D eigenvalue weighted by molar-refractivity contribution is -0.385. The lowest BCUT2D eigenvalue weighted by atomic mass is 10.1. The van der Waals surface area contributed by atoms with Crippen LogP contribution in [-0.2, 0) is 0 Å². The smallest absolute Gasteiger partial charge is 0.271 e. The number of carbonyl (C=O) groups is 1. The summed E-state index contributed by atoms with van der Waals surface area (Å²) in [6, 6.07) is 14.9. The number of thioether (sulfide) groups is 1. The number of fused-ring (bicyclic) bond motifs is 2. The fourth-order valence-corrected chi connectivity index (χ4v) is 4.39. The zero-order chi connectivity index (χ0) is 22.1. The van der Waals surface area contributed by atoms with Gasteiger partial charge in [-0.25, -0.2) is 4.98 Å². The minimum Gasteiger partial charge on any atom is -0.293 e. The van der Waals surface area contributed by atoms with Gasteiger partial charge >= 0.3 is 0 Å². The molecule has 0 fully saturated rings. The van der Waals surface area contributed by atoms with Crippen LogP contribution in [0.1, 0.15) is 10.4 Å². The lowest BCUT2D eigenvalue weighted by Crippen LogP contribution is -2.03. The Labute approximate surface area is 184 Å². The molecule has 0 amide bonds. The van der Waals surface area contributed by atoms with E-state index in [1.54, 1.807) is 24.3 Å². The highest BCUT2D eigenvalue weighted by atomic mass is 35.5. The van der Waals surface area contributed by atoms with Crippen LogP contribution in [0.25, 0.3) is 21.8 Å². The number of carbonyl (C=O) groups excluding carboxylic acids is 1. The molecule has 4 rings (SSSR count). The predicted octanol–water partition coefficient (Wildman–Crippen LogP) is 5.83. The summed E-state index contributed by atoms with van der Waals surface area (Å²) < 4.78 is 0. The molecule has 0 aliphatic rings. The predicted molar refractivity (Wildman–Crippen MR) is 119 cm³/mol. The summed E-state index contributed by atoms with van der Waals surface area (Å²) in [7, 11) is 0. The normalized spacial score (nSPS) is 11.0. The molecule has 31 heavy (non-hydrogen) atoms. The van der Waals surface area contributed by atoms with Crippen LogP contribution in [-0.4, -0.2) is 26.4 Å². The van der Waals surface area contributed by atoms with Gasteiger partial charge in [0.15, 0.2) is 5.78 Å². The Kier molecular flexibility index (Phi) is 5.53. The molecule has 10 heteroatoms. The highest BCUT2D eigenvalue weighted by Crippen LogP contribution is 2.37. The van der Waals surface area contributed by atoms with Crippen molar-refractivity contribution in [1.82, 2.24) is 4.98 Å². The second-order valence-electron chi connectivity index (χ2n) is 6.58. The number of benzene rings is 3. The first-order valence-electron chi connectivity index (χ1n) is 8.91. The highest BCUT2D eigenvalue weighted by Gasteiger charge is 2.16. The number of hydrogen-bond acceptors (Lipinski definition) is 7. The van der Waals surface area contributed by atoms with Crippen molar-refractivity contribution in [3.63, 3.8) is 0 Å². The molecule has 1 heterocycles. The number of ketones is 1. The third kappa shape index (κ3) is 4.18. The van der Waals surface area contributed by atoms with E-state index in [1.807, 2.05) is 0 Å². The Bertz CT molecular complexity index is 1380. The first-order chi connectivity index (χ1) is 14.8. The Balaban J connectivity index is 1.73. The molecule has 0 bridgehead atoms. The average molecular weight is 454 g/mol. The van der Waals surface area contributed by atoms with E-state index in [2.05, 4.69) is 4.98 Å². The molecule has 0 aliphatic carbocycles. The van der Waals surface area contributed by atoms with Crippen LogP contribution in [0.15, 0.2) is 65.6 Å². The lowest BCUT2D eigenvalue weighted by Gasteiger charge is -2.11. The van der Waals surface area contributed by atoms with E-state index in [0.717, 1.165) is 10.3 Å². The number of non-ortho nitro benzene ring substituents is 2. The molecule has 0 aliphatic heterocycles. The van der Waals surface area contributed by atoms with E-state index in [9.17, 15) is 25.0 Å². The average Bonchev–Trinajstić information content (AvgIpc) is 2.76. The van der Waals surface area contributed by atoms with Crippen LogP contribution in [0.3, 0.4) is 0 Å². The van der Waals surface area contributed by atoms with Gasteiger partial charge in [0.25, 0.3) is 11.4 Å². The summed E-state index contributed by atoms with van der Waals surface area (Å²) in [6.07, 6.45) is 0. The Morgan fingerprint density at radius 3 is 2.23 bits per heavy atom. The first kappa shape index (κ1) is 20.7. The molecule has 0 radical (unpaired) electrons. The van der Waals surface area contributed by atoms with Crippen LogP contribution in [0, 0.1) is 20.2 Å². The molecular formula is C21H12ClN3O5S. The van der Waals surface area contributed by atoms with Crippen molar-refractivity contribution in [2.75, 3.05) is 5.75 Å². The Morgan fingerprint density at radius 1 is 0.871 bits per heavy atom. The summed E-state index contributed by atoms with van der Waals surface area (Å²) in [6.45, 7) is 0. The van der Waals surface area contributed by atoms with E-state index in [1.165, 1.54) is 48.2 Å². The second kappa shape index (κ2) is 8.29. The zero-order valence-corrected chi connectivity index (χ0v) is 17.2. The topological polar surface area (TPSA) is 116 Å². The van der Waals surface area contributed by atoms with Gasteiger partial charge in [0.2, 0.25) is 0 Å². The molecule has 0 unspecified atom stereocenters. The molecule has 3 aromatic carbocycles. The Morgan fingerprint density at radius 2 is 1.55 bits per heavy atom. The number of rotatable bonds is 6. The molecule has 0 saturated carbocycles. The molecule has 0 spiro atoms. The van der Waals surface area contributed by atoms with Crippen molar-refractivity contribution >= 4 is 62.3 Å². The molecule has 0 atom stereocenters. The minimum absolute atomic E-state index is 0.0650. The van der Waals surface area contributed by atoms with E-state index in [4.69, 9.17) is 11.6 Å². The highest BCUT2D eigenvalue weighted by molar-refractivity contribution is 8.00. The summed E-state index contributed by atoms with van der Waals surface area (Å²) in [4.78, 5) is 38.8. The van der Waals surface area contributed by atoms with Crippen LogP contribution in [0.2, 0.25) is 5.02 Å². The summed E-state index contributed by atoms with van der Waals surface area (Å²) in [5.41, 5.74) is 1.23. The molecular weight excluding hydrogens is 442 g/mol. The van der Waals surface area contributed by atoms with Gasteiger partial charge < -0.3 is 0 Å². The quantitative estimate of drug-likeness (QED) is 0.118. The van der Waals surface area contributed by atoms with Crippen molar-refractivity contribution in [2.45, 2.75) is 4.90 Å². The maximum absolute atomic E-state index is 12.7. The fraction of sp³-hybridized carbons (Fsp3) is 0.0476. The number of nitro groups is 2. The Hall–Kier alpha value is -3.56. The van der Waals surface area contributed by atoms with Crippen LogP contribution < -0.4 is 0 Å². The van der Waals surface area contributed by atoms with Gasteiger partial charge in [0, 0.05) is 50.5 Å². The van der Waals surface area contributed by atoms with Gasteiger partial charge in [-0.15, -0.1) is 11.8 Å². The number of nitro benzene ring substituents is 2. The van der Waals surface area contributed by atoms with Crippen molar-refractivity contribution < 1.29 is 14.6 Å². The molecule has 8 nitrogen and oxygen atoms in total. The molecule has 1 aromatic heterocycles. The van der Waals surface area contributed by atoms with E-state index in [0.29, 0.717) is 27.0 Å². The zero-order valence-electron chi connectivity index (χ0n) is 15.6. The molecule has 0 N–H and O–H groups in total. The summed E-state index contributed by atoms with van der Waals surface area (Å²) in [5, 5.41) is 23.8. The number of Topliss-reactive ketones (excluding diaryl/α,β-unsaturated/α-hetero) is 1. The second-order valence-corrected chi connectivity index (χ2v) is 8.00. The van der Waals surface area contributed by atoms with Crippen molar-refractivity contribution in [2.24, 2.45) is 0 Å². The van der Waals surface area contributed by atoms with Crippen LogP contribution in [0.5, 0.6) is 0 Å². The van der Waals surface area contributed by atoms with Gasteiger partial charge in [0.1, 0.15) is 0 Å². The standard InChI is InChI=1S/C21H12ClN3O5S/c22-13-3-8-18-17(9-13)21(16-7-6-15(25(29)30)10-19(16)23-18)31-11-20(26)12-1-4-14(5-2-12)24(27)28/h1-10H,11H2. The van der Waals surface area contributed by atoms with Crippen molar-refractivity contribution in [3.05, 3.63) is 91.5 Å².